The van der Waals surface area contributed by atoms with Crippen LogP contribution in [0.5, 0.6) is 5.75 Å². The van der Waals surface area contributed by atoms with Gasteiger partial charge in [-0.3, -0.25) is 19.7 Å². The summed E-state index contributed by atoms with van der Waals surface area (Å²) in [6.07, 6.45) is 9.58. The van der Waals surface area contributed by atoms with Gasteiger partial charge < -0.3 is 10.0 Å². The second-order valence-corrected chi connectivity index (χ2v) is 6.86. The van der Waals surface area contributed by atoms with Gasteiger partial charge in [0, 0.05) is 18.5 Å². The van der Waals surface area contributed by atoms with Crippen LogP contribution in [0.1, 0.15) is 67.3 Å². The normalized spacial score (nSPS) is 22.8. The highest BCUT2D eigenvalue weighted by atomic mass is 16.3. The molecule has 2 N–H and O–H groups in total. The molecule has 1 unspecified atom stereocenters. The Kier molecular flexibility index (Phi) is 5.36. The maximum Gasteiger partial charge on any atom is 0.255 e. The van der Waals surface area contributed by atoms with Crippen molar-refractivity contribution in [1.82, 2.24) is 10.2 Å². The van der Waals surface area contributed by atoms with Crippen LogP contribution in [0, 0.1) is 0 Å². The van der Waals surface area contributed by atoms with Gasteiger partial charge in [-0.25, -0.2) is 0 Å². The van der Waals surface area contributed by atoms with E-state index >= 15 is 0 Å². The van der Waals surface area contributed by atoms with Gasteiger partial charge >= 0.3 is 0 Å². The Morgan fingerprint density at radius 2 is 1.64 bits per heavy atom. The SMILES string of the molecule is C1CCCCC1.O=C1CCC(N2Cc3cc(O)ccc3C2=O)C(=O)N1. The zero-order chi connectivity index (χ0) is 17.8. The Balaban J connectivity index is 0.000000258. The maximum absolute atomic E-state index is 12.2. The molecule has 1 aromatic rings. The van der Waals surface area contributed by atoms with Crippen molar-refractivity contribution >= 4 is 17.7 Å². The summed E-state index contributed by atoms with van der Waals surface area (Å²) in [7, 11) is 0. The Morgan fingerprint density at radius 3 is 2.24 bits per heavy atom. The molecule has 2 aliphatic heterocycles. The molecule has 1 saturated heterocycles. The number of imide groups is 1. The number of amides is 3. The summed E-state index contributed by atoms with van der Waals surface area (Å²) in [5.74, 6) is -0.870. The lowest BCUT2D eigenvalue weighted by atomic mass is 10.0. The topological polar surface area (TPSA) is 86.7 Å². The molecule has 0 radical (unpaired) electrons. The van der Waals surface area contributed by atoms with Crippen LogP contribution in [0.2, 0.25) is 0 Å². The average Bonchev–Trinajstić information content (AvgIpc) is 2.93. The molecule has 1 atom stereocenters. The van der Waals surface area contributed by atoms with E-state index in [9.17, 15) is 19.5 Å². The lowest BCUT2D eigenvalue weighted by Crippen LogP contribution is -2.52. The van der Waals surface area contributed by atoms with Crippen LogP contribution in [-0.4, -0.2) is 33.8 Å². The molecule has 1 aromatic carbocycles. The van der Waals surface area contributed by atoms with Crippen molar-refractivity contribution in [2.75, 3.05) is 0 Å². The minimum absolute atomic E-state index is 0.0941. The van der Waals surface area contributed by atoms with Gasteiger partial charge in [-0.2, -0.15) is 0 Å². The molecular weight excluding hydrogens is 320 g/mol. The third-order valence-electron chi connectivity index (χ3n) is 5.01. The van der Waals surface area contributed by atoms with E-state index in [1.54, 1.807) is 6.07 Å². The fraction of sp³-hybridized carbons (Fsp3) is 0.526. The van der Waals surface area contributed by atoms with Gasteiger partial charge in [-0.05, 0) is 30.2 Å². The van der Waals surface area contributed by atoms with E-state index in [0.29, 0.717) is 17.5 Å². The van der Waals surface area contributed by atoms with Crippen molar-refractivity contribution in [1.29, 1.82) is 0 Å². The Bertz CT molecular complexity index is 670. The number of hydrogen-bond acceptors (Lipinski definition) is 4. The summed E-state index contributed by atoms with van der Waals surface area (Å²) < 4.78 is 0. The molecule has 0 spiro atoms. The zero-order valence-corrected chi connectivity index (χ0v) is 14.3. The highest BCUT2D eigenvalue weighted by molar-refractivity contribution is 6.05. The highest BCUT2D eigenvalue weighted by Crippen LogP contribution is 2.29. The molecule has 2 heterocycles. The molecule has 1 aliphatic carbocycles. The number of aromatic hydroxyl groups is 1. The van der Waals surface area contributed by atoms with Gasteiger partial charge in [0.1, 0.15) is 11.8 Å². The van der Waals surface area contributed by atoms with Crippen molar-refractivity contribution in [2.45, 2.75) is 64.0 Å². The van der Waals surface area contributed by atoms with E-state index in [0.717, 1.165) is 0 Å². The number of carbonyl (C=O) groups excluding carboxylic acids is 3. The number of rotatable bonds is 1. The molecule has 2 fully saturated rings. The lowest BCUT2D eigenvalue weighted by molar-refractivity contribution is -0.136. The third kappa shape index (κ3) is 4.00. The minimum atomic E-state index is -0.611. The molecular formula is C19H24N2O4. The predicted octanol–water partition coefficient (Wildman–Crippen LogP) is 2.49. The van der Waals surface area contributed by atoms with Crippen molar-refractivity contribution in [3.8, 4) is 5.75 Å². The molecule has 0 bridgehead atoms. The van der Waals surface area contributed by atoms with Gasteiger partial charge in [0.2, 0.25) is 11.8 Å². The molecule has 6 nitrogen and oxygen atoms in total. The first kappa shape index (κ1) is 17.5. The van der Waals surface area contributed by atoms with Crippen LogP contribution in [0.4, 0.5) is 0 Å². The number of hydrogen-bond donors (Lipinski definition) is 2. The monoisotopic (exact) mass is 344 g/mol. The summed E-state index contributed by atoms with van der Waals surface area (Å²) in [5.41, 5.74) is 1.21. The largest absolute Gasteiger partial charge is 0.508 e. The Morgan fingerprint density at radius 1 is 1.00 bits per heavy atom. The molecule has 3 amide bonds. The molecule has 25 heavy (non-hydrogen) atoms. The fourth-order valence-corrected chi connectivity index (χ4v) is 3.62. The van der Waals surface area contributed by atoms with Crippen LogP contribution in [0.3, 0.4) is 0 Å². The van der Waals surface area contributed by atoms with Crippen molar-refractivity contribution in [2.24, 2.45) is 0 Å². The quantitative estimate of drug-likeness (QED) is 0.766. The van der Waals surface area contributed by atoms with Crippen molar-refractivity contribution < 1.29 is 19.5 Å². The average molecular weight is 344 g/mol. The summed E-state index contributed by atoms with van der Waals surface area (Å²) in [5, 5.41) is 11.7. The number of phenolic OH excluding ortho intramolecular Hbond substituents is 1. The third-order valence-corrected chi connectivity index (χ3v) is 5.01. The summed E-state index contributed by atoms with van der Waals surface area (Å²) in [4.78, 5) is 36.6. The molecule has 3 aliphatic rings. The zero-order valence-electron chi connectivity index (χ0n) is 14.3. The fourth-order valence-electron chi connectivity index (χ4n) is 3.62. The smallest absolute Gasteiger partial charge is 0.255 e. The standard InChI is InChI=1S/C13H12N2O4.C6H12/c16-8-1-2-9-7(5-8)6-15(13(9)19)10-3-4-11(17)14-12(10)18;1-2-4-6-5-3-1/h1-2,5,10,16H,3-4,6H2,(H,14,17,18);1-6H2. The number of phenols is 1. The number of nitrogens with zero attached hydrogens (tertiary/aromatic N) is 1. The van der Waals surface area contributed by atoms with E-state index in [-0.39, 0.29) is 30.5 Å². The van der Waals surface area contributed by atoms with E-state index < -0.39 is 11.9 Å². The lowest BCUT2D eigenvalue weighted by Gasteiger charge is -2.29. The number of fused-ring (bicyclic) bond motifs is 1. The predicted molar refractivity (Wildman–Crippen MR) is 91.9 cm³/mol. The van der Waals surface area contributed by atoms with Gasteiger partial charge in [-0.1, -0.05) is 38.5 Å². The second-order valence-electron chi connectivity index (χ2n) is 6.86. The minimum Gasteiger partial charge on any atom is -0.508 e. The van der Waals surface area contributed by atoms with E-state index in [2.05, 4.69) is 5.32 Å². The van der Waals surface area contributed by atoms with Crippen LogP contribution in [-0.2, 0) is 16.1 Å². The Hall–Kier alpha value is -2.37. The van der Waals surface area contributed by atoms with Crippen molar-refractivity contribution in [3.63, 3.8) is 0 Å². The molecule has 6 heteroatoms. The van der Waals surface area contributed by atoms with Crippen LogP contribution < -0.4 is 5.32 Å². The molecule has 4 rings (SSSR count). The summed E-state index contributed by atoms with van der Waals surface area (Å²) in [6.45, 7) is 0.287. The van der Waals surface area contributed by atoms with E-state index in [4.69, 9.17) is 0 Å². The van der Waals surface area contributed by atoms with Crippen LogP contribution in [0.25, 0.3) is 0 Å². The molecule has 1 saturated carbocycles. The van der Waals surface area contributed by atoms with Crippen LogP contribution in [0.15, 0.2) is 18.2 Å². The maximum atomic E-state index is 12.2. The van der Waals surface area contributed by atoms with Gasteiger partial charge in [0.15, 0.2) is 0 Å². The second kappa shape index (κ2) is 7.68. The summed E-state index contributed by atoms with van der Waals surface area (Å²) in [6, 6.07) is 3.92. The van der Waals surface area contributed by atoms with Gasteiger partial charge in [0.05, 0.1) is 0 Å². The van der Waals surface area contributed by atoms with Crippen molar-refractivity contribution in [3.05, 3.63) is 29.3 Å². The molecule has 134 valence electrons. The number of benzene rings is 1. The molecule has 0 aromatic heterocycles. The summed E-state index contributed by atoms with van der Waals surface area (Å²) >= 11 is 0. The van der Waals surface area contributed by atoms with Gasteiger partial charge in [0.25, 0.3) is 5.91 Å². The number of piperidine rings is 1. The van der Waals surface area contributed by atoms with Crippen LogP contribution >= 0.6 is 0 Å². The number of carbonyl (C=O) groups is 3. The van der Waals surface area contributed by atoms with Gasteiger partial charge in [-0.15, -0.1) is 0 Å². The van der Waals surface area contributed by atoms with E-state index in [1.807, 2.05) is 0 Å². The Labute approximate surface area is 147 Å². The first-order chi connectivity index (χ1) is 12.1. The first-order valence-electron chi connectivity index (χ1n) is 9.03. The van der Waals surface area contributed by atoms with E-state index in [1.165, 1.54) is 55.6 Å². The number of nitrogens with one attached hydrogen (secondary N) is 1. The highest BCUT2D eigenvalue weighted by Gasteiger charge is 2.38. The first-order valence-corrected chi connectivity index (χ1v) is 9.03.